The number of carbonyl (C=O) groups excluding carboxylic acids is 2. The Morgan fingerprint density at radius 2 is 1.97 bits per heavy atom. The van der Waals surface area contributed by atoms with Gasteiger partial charge in [0.1, 0.15) is 10.6 Å². The van der Waals surface area contributed by atoms with Crippen LogP contribution in [0.25, 0.3) is 0 Å². The maximum atomic E-state index is 12.8. The van der Waals surface area contributed by atoms with E-state index in [1.54, 1.807) is 6.07 Å². The third-order valence-electron chi connectivity index (χ3n) is 5.45. The second kappa shape index (κ2) is 7.94. The Balaban J connectivity index is 1.98. The Bertz CT molecular complexity index is 974. The highest BCUT2D eigenvalue weighted by Crippen LogP contribution is 2.44. The molecule has 0 saturated carbocycles. The second-order valence-corrected chi connectivity index (χ2v) is 9.34. The van der Waals surface area contributed by atoms with E-state index in [0.717, 1.165) is 29.7 Å². The van der Waals surface area contributed by atoms with Gasteiger partial charge in [0, 0.05) is 10.9 Å². The third-order valence-corrected chi connectivity index (χ3v) is 6.62. The summed E-state index contributed by atoms with van der Waals surface area (Å²) in [6.45, 7) is 6.61. The molecule has 1 aromatic heterocycles. The largest absolute Gasteiger partial charge is 0.465 e. The molecule has 1 aromatic carbocycles. The van der Waals surface area contributed by atoms with Crippen molar-refractivity contribution in [3.63, 3.8) is 0 Å². The number of para-hydroxylation sites is 1. The number of thiophene rings is 1. The molecule has 0 radical (unpaired) electrons. The number of ether oxygens (including phenoxy) is 1. The van der Waals surface area contributed by atoms with E-state index in [4.69, 9.17) is 4.74 Å². The van der Waals surface area contributed by atoms with E-state index in [1.165, 1.54) is 36.6 Å². The van der Waals surface area contributed by atoms with Gasteiger partial charge in [0.25, 0.3) is 11.6 Å². The summed E-state index contributed by atoms with van der Waals surface area (Å²) >= 11 is 1.36. The highest BCUT2D eigenvalue weighted by molar-refractivity contribution is 7.17. The topological polar surface area (TPSA) is 98.5 Å². The van der Waals surface area contributed by atoms with E-state index in [0.29, 0.717) is 16.5 Å². The number of methoxy groups -OCH3 is 1. The standard InChI is InChI=1S/C21H24N2O5S/c1-21(2,3)12-9-10-14-16(11-12)29-19(17(14)20(25)28-4)22-18(24)13-7-5-6-8-15(13)23(26)27/h5-8,12H,9-11H2,1-4H3,(H,22,24)/t12-/m0/s1. The number of nitro benzene ring substituents is 1. The van der Waals surface area contributed by atoms with Crippen LogP contribution in [0.2, 0.25) is 0 Å². The molecule has 1 N–H and O–H groups in total. The molecule has 7 nitrogen and oxygen atoms in total. The molecule has 0 spiro atoms. The molecule has 29 heavy (non-hydrogen) atoms. The fourth-order valence-corrected chi connectivity index (χ4v) is 5.04. The fourth-order valence-electron chi connectivity index (χ4n) is 3.73. The summed E-state index contributed by atoms with van der Waals surface area (Å²) in [4.78, 5) is 37.0. The third kappa shape index (κ3) is 4.17. The van der Waals surface area contributed by atoms with Crippen molar-refractivity contribution < 1.29 is 19.2 Å². The highest BCUT2D eigenvalue weighted by Gasteiger charge is 2.34. The van der Waals surface area contributed by atoms with Gasteiger partial charge in [-0.1, -0.05) is 32.9 Å². The summed E-state index contributed by atoms with van der Waals surface area (Å²) in [5.41, 5.74) is 1.10. The van der Waals surface area contributed by atoms with E-state index >= 15 is 0 Å². The van der Waals surface area contributed by atoms with Gasteiger partial charge >= 0.3 is 5.97 Å². The van der Waals surface area contributed by atoms with Crippen LogP contribution in [0, 0.1) is 21.4 Å². The first-order valence-corrected chi connectivity index (χ1v) is 10.2. The molecular formula is C21H24N2O5S. The summed E-state index contributed by atoms with van der Waals surface area (Å²) in [7, 11) is 1.31. The first kappa shape index (κ1) is 21.0. The maximum absolute atomic E-state index is 12.8. The number of amides is 1. The van der Waals surface area contributed by atoms with Crippen LogP contribution in [0.1, 0.15) is 58.3 Å². The summed E-state index contributed by atoms with van der Waals surface area (Å²) in [5.74, 6) is -0.652. The van der Waals surface area contributed by atoms with Gasteiger partial charge in [-0.3, -0.25) is 14.9 Å². The zero-order chi connectivity index (χ0) is 21.3. The Labute approximate surface area is 173 Å². The summed E-state index contributed by atoms with van der Waals surface area (Å²) < 4.78 is 4.95. The van der Waals surface area contributed by atoms with Crippen LogP contribution in [0.4, 0.5) is 10.7 Å². The van der Waals surface area contributed by atoms with Gasteiger partial charge in [0.2, 0.25) is 0 Å². The zero-order valence-corrected chi connectivity index (χ0v) is 17.7. The summed E-state index contributed by atoms with van der Waals surface area (Å²) in [5, 5.41) is 14.4. The lowest BCUT2D eigenvalue weighted by Gasteiger charge is -2.33. The molecule has 8 heteroatoms. The van der Waals surface area contributed by atoms with Crippen LogP contribution in [0.15, 0.2) is 24.3 Å². The number of carbonyl (C=O) groups is 2. The lowest BCUT2D eigenvalue weighted by molar-refractivity contribution is -0.385. The van der Waals surface area contributed by atoms with Gasteiger partial charge in [0.15, 0.2) is 0 Å². The molecule has 3 rings (SSSR count). The number of nitrogens with one attached hydrogen (secondary N) is 1. The van der Waals surface area contributed by atoms with Crippen LogP contribution < -0.4 is 5.32 Å². The molecule has 1 aliphatic rings. The van der Waals surface area contributed by atoms with Gasteiger partial charge in [0.05, 0.1) is 17.6 Å². The Morgan fingerprint density at radius 3 is 2.59 bits per heavy atom. The molecule has 2 aromatic rings. The van der Waals surface area contributed by atoms with Crippen LogP contribution in [0.5, 0.6) is 0 Å². The van der Waals surface area contributed by atoms with Gasteiger partial charge in [-0.25, -0.2) is 4.79 Å². The highest BCUT2D eigenvalue weighted by atomic mass is 32.1. The van der Waals surface area contributed by atoms with Crippen molar-refractivity contribution in [2.75, 3.05) is 12.4 Å². The zero-order valence-electron chi connectivity index (χ0n) is 16.9. The molecule has 0 bridgehead atoms. The Morgan fingerprint density at radius 1 is 1.28 bits per heavy atom. The number of nitro groups is 1. The SMILES string of the molecule is COC(=O)c1c(NC(=O)c2ccccc2[N+](=O)[O-])sc2c1CC[C@H](C(C)(C)C)C2. The number of hydrogen-bond acceptors (Lipinski definition) is 6. The number of esters is 1. The van der Waals surface area contributed by atoms with Crippen LogP contribution >= 0.6 is 11.3 Å². The average molecular weight is 416 g/mol. The van der Waals surface area contributed by atoms with Gasteiger partial charge in [-0.2, -0.15) is 0 Å². The molecular weight excluding hydrogens is 392 g/mol. The fraction of sp³-hybridized carbons (Fsp3) is 0.429. The smallest absolute Gasteiger partial charge is 0.341 e. The van der Waals surface area contributed by atoms with E-state index in [1.807, 2.05) is 0 Å². The lowest BCUT2D eigenvalue weighted by Crippen LogP contribution is -2.26. The Kier molecular flexibility index (Phi) is 5.75. The monoisotopic (exact) mass is 416 g/mol. The lowest BCUT2D eigenvalue weighted by atomic mass is 9.72. The minimum absolute atomic E-state index is 0.0488. The minimum Gasteiger partial charge on any atom is -0.465 e. The van der Waals surface area contributed by atoms with Crippen molar-refractivity contribution in [1.82, 2.24) is 0 Å². The molecule has 1 heterocycles. The maximum Gasteiger partial charge on any atom is 0.341 e. The van der Waals surface area contributed by atoms with Gasteiger partial charge < -0.3 is 10.1 Å². The molecule has 1 atom stereocenters. The molecule has 0 aliphatic heterocycles. The van der Waals surface area contributed by atoms with Crippen molar-refractivity contribution in [3.8, 4) is 0 Å². The number of fused-ring (bicyclic) bond motifs is 1. The first-order valence-electron chi connectivity index (χ1n) is 9.41. The van der Waals surface area contributed by atoms with E-state index in [2.05, 4.69) is 26.1 Å². The number of anilines is 1. The average Bonchev–Trinajstić information content (AvgIpc) is 3.03. The quantitative estimate of drug-likeness (QED) is 0.436. The van der Waals surface area contributed by atoms with Gasteiger partial charge in [-0.15, -0.1) is 11.3 Å². The van der Waals surface area contributed by atoms with Crippen LogP contribution in [0.3, 0.4) is 0 Å². The Hall–Kier alpha value is -2.74. The first-order chi connectivity index (χ1) is 13.6. The number of rotatable bonds is 4. The van der Waals surface area contributed by atoms with Crippen molar-refractivity contribution >= 4 is 33.9 Å². The minimum atomic E-state index is -0.617. The normalized spacial score (nSPS) is 16.1. The van der Waals surface area contributed by atoms with Crippen molar-refractivity contribution in [2.45, 2.75) is 40.0 Å². The van der Waals surface area contributed by atoms with Crippen molar-refractivity contribution in [3.05, 3.63) is 55.9 Å². The van der Waals surface area contributed by atoms with Crippen molar-refractivity contribution in [1.29, 1.82) is 0 Å². The van der Waals surface area contributed by atoms with Gasteiger partial charge in [-0.05, 0) is 42.2 Å². The van der Waals surface area contributed by atoms with Crippen LogP contribution in [-0.2, 0) is 17.6 Å². The summed E-state index contributed by atoms with van der Waals surface area (Å²) in [6, 6.07) is 5.75. The predicted octanol–water partition coefficient (Wildman–Crippen LogP) is 4.85. The van der Waals surface area contributed by atoms with E-state index in [9.17, 15) is 19.7 Å². The molecule has 0 fully saturated rings. The summed E-state index contributed by atoms with van der Waals surface area (Å²) in [6.07, 6.45) is 2.52. The molecule has 154 valence electrons. The molecule has 1 amide bonds. The molecule has 0 saturated heterocycles. The second-order valence-electron chi connectivity index (χ2n) is 8.23. The number of benzene rings is 1. The van der Waals surface area contributed by atoms with Crippen molar-refractivity contribution in [2.24, 2.45) is 11.3 Å². The predicted molar refractivity (Wildman–Crippen MR) is 112 cm³/mol. The number of hydrogen-bond donors (Lipinski definition) is 1. The molecule has 1 aliphatic carbocycles. The van der Waals surface area contributed by atoms with E-state index < -0.39 is 16.8 Å². The number of nitrogens with zero attached hydrogens (tertiary/aromatic N) is 1. The molecule has 0 unspecified atom stereocenters. The van der Waals surface area contributed by atoms with E-state index in [-0.39, 0.29) is 16.7 Å². The van der Waals surface area contributed by atoms with Crippen LogP contribution in [-0.4, -0.2) is 23.9 Å².